The van der Waals surface area contributed by atoms with E-state index >= 15 is 0 Å². The van der Waals surface area contributed by atoms with Crippen LogP contribution in [0.3, 0.4) is 0 Å². The highest BCUT2D eigenvalue weighted by Gasteiger charge is 1.86. The van der Waals surface area contributed by atoms with Crippen molar-refractivity contribution in [3.63, 3.8) is 0 Å². The van der Waals surface area contributed by atoms with Gasteiger partial charge in [0.05, 0.1) is 0 Å². The van der Waals surface area contributed by atoms with E-state index in [1.807, 2.05) is 0 Å². The molecule has 0 atom stereocenters. The first-order chi connectivity index (χ1) is 19.3. The molecule has 0 aromatic carbocycles. The van der Waals surface area contributed by atoms with Gasteiger partial charge in [-0.2, -0.15) is 0 Å². The van der Waals surface area contributed by atoms with Gasteiger partial charge in [-0.25, -0.2) is 5.26 Å². The predicted octanol–water partition coefficient (Wildman–Crippen LogP) is 0.563. The molecule has 0 aliphatic carbocycles. The van der Waals surface area contributed by atoms with Crippen LogP contribution in [0.25, 0.3) is 0 Å². The van der Waals surface area contributed by atoms with Crippen molar-refractivity contribution in [2.24, 2.45) is 0 Å². The Morgan fingerprint density at radius 2 is 0.590 bits per heavy atom. The maximum Gasteiger partial charge on any atom is 0.250 e. The first kappa shape index (κ1) is 30.8. The molecular weight excluding hydrogens is 480 g/mol. The maximum absolute atomic E-state index is 8.54. The number of hydrogen-bond donors (Lipinski definition) is 2. The van der Waals surface area contributed by atoms with Gasteiger partial charge in [0.2, 0.25) is 5.76 Å². The van der Waals surface area contributed by atoms with Crippen LogP contribution in [0.5, 0.6) is 0 Å². The Morgan fingerprint density at radius 1 is 0.385 bits per heavy atom. The van der Waals surface area contributed by atoms with Crippen LogP contribution in [-0.4, -0.2) is 10.4 Å². The monoisotopic (exact) mass is 484 g/mol. The number of allylic oxidation sites excluding steroid dienone is 1. The molecule has 0 saturated carbocycles. The second-order valence-corrected chi connectivity index (χ2v) is 4.73. The van der Waals surface area contributed by atoms with E-state index in [-0.39, 0.29) is 5.76 Å². The van der Waals surface area contributed by atoms with Gasteiger partial charge in [-0.1, -0.05) is 0 Å². The highest BCUT2D eigenvalue weighted by Crippen LogP contribution is 1.87. The minimum absolute atomic E-state index is 0.353. The van der Waals surface area contributed by atoms with Crippen molar-refractivity contribution in [3.05, 3.63) is 12.0 Å². The number of terminal acetylenes is 1. The molecule has 3 nitrogen and oxygen atoms in total. The van der Waals surface area contributed by atoms with Crippen LogP contribution in [0.4, 0.5) is 0 Å². The summed E-state index contributed by atoms with van der Waals surface area (Å²) >= 11 is 0. The molecule has 0 unspecified atom stereocenters. The molecular formula is C36H4O3. The summed E-state index contributed by atoms with van der Waals surface area (Å²) in [5, 5.41) is 16.8. The number of aliphatic hydroxyl groups excluding tert-OH is 1. The van der Waals surface area contributed by atoms with Gasteiger partial charge in [-0.05, 0) is 101 Å². The average Bonchev–Trinajstić information content (AvgIpc) is 2.95. The van der Waals surface area contributed by atoms with Crippen LogP contribution >= 0.6 is 0 Å². The molecule has 2 N–H and O–H groups in total. The molecule has 0 spiro atoms. The van der Waals surface area contributed by atoms with E-state index in [1.54, 1.807) is 0 Å². The third-order valence-electron chi connectivity index (χ3n) is 2.35. The average molecular weight is 484 g/mol. The number of hydrogen-bond acceptors (Lipinski definition) is 3. The molecule has 166 valence electrons. The third kappa shape index (κ3) is 26.0. The van der Waals surface area contributed by atoms with Gasteiger partial charge in [-0.15, -0.1) is 6.42 Å². The Bertz CT molecular complexity index is 2100. The Labute approximate surface area is 228 Å². The van der Waals surface area contributed by atoms with Gasteiger partial charge in [0.25, 0.3) is 0 Å². The van der Waals surface area contributed by atoms with E-state index < -0.39 is 0 Å². The summed E-state index contributed by atoms with van der Waals surface area (Å²) in [6, 6.07) is 0. The highest BCUT2D eigenvalue weighted by molar-refractivity contribution is 5.49. The van der Waals surface area contributed by atoms with E-state index in [2.05, 4.69) is 200 Å². The molecule has 0 aliphatic rings. The van der Waals surface area contributed by atoms with Crippen molar-refractivity contribution in [2.45, 2.75) is 0 Å². The third-order valence-corrected chi connectivity index (χ3v) is 2.35. The SMILES string of the molecule is C#CC#CC#CC#CC#CC#CC#CC#CC#CC#CC#CC#CC#CC#CC#CC#CC#C/C(=C/O)OO. The fourth-order valence-corrected chi connectivity index (χ4v) is 1.11. The normalized spacial score (nSPS) is 5.08. The lowest BCUT2D eigenvalue weighted by Crippen LogP contribution is -1.81. The lowest BCUT2D eigenvalue weighted by Gasteiger charge is -1.86. The van der Waals surface area contributed by atoms with Crippen molar-refractivity contribution in [1.29, 1.82) is 0 Å². The van der Waals surface area contributed by atoms with E-state index in [0.717, 1.165) is 0 Å². The van der Waals surface area contributed by atoms with Crippen LogP contribution in [0.2, 0.25) is 0 Å². The Kier molecular flexibility index (Phi) is 22.0. The lowest BCUT2D eigenvalue weighted by molar-refractivity contribution is -0.198. The van der Waals surface area contributed by atoms with Crippen molar-refractivity contribution in [2.75, 3.05) is 0 Å². The molecule has 0 bridgehead atoms. The van der Waals surface area contributed by atoms with Crippen LogP contribution in [-0.2, 0) is 4.89 Å². The topological polar surface area (TPSA) is 49.7 Å². The van der Waals surface area contributed by atoms with Gasteiger partial charge in [-0.3, -0.25) is 0 Å². The standard InChI is InChI=1S/C36H4O3/c1-2-3-4-5-6-7-8-9-10-11-12-13-14-15-16-17-18-19-20-21-22-23-24-25-26-27-28-29-30-31-32-33-34-36(35-37)39-38/h1,35,37-38H/b36-35-. The predicted molar refractivity (Wildman–Crippen MR) is 148 cm³/mol. The summed E-state index contributed by atoms with van der Waals surface area (Å²) in [4.78, 5) is 3.71. The lowest BCUT2D eigenvalue weighted by atomic mass is 10.4. The summed E-state index contributed by atoms with van der Waals surface area (Å²) < 4.78 is 0. The molecule has 0 amide bonds. The first-order valence-electron chi connectivity index (χ1n) is 9.47. The van der Waals surface area contributed by atoms with Gasteiger partial charge < -0.3 is 9.99 Å². The molecule has 0 heterocycles. The molecule has 0 radical (unpaired) electrons. The fourth-order valence-electron chi connectivity index (χ4n) is 1.11. The molecule has 0 fully saturated rings. The summed E-state index contributed by atoms with van der Waals surface area (Å²) in [5.74, 6) is 79.8. The molecule has 0 saturated heterocycles. The van der Waals surface area contributed by atoms with Crippen molar-refractivity contribution < 1.29 is 15.3 Å². The fraction of sp³-hybridized carbons (Fsp3) is 0. The van der Waals surface area contributed by atoms with Crippen LogP contribution in [0.1, 0.15) is 0 Å². The second kappa shape index (κ2) is 27.9. The minimum Gasteiger partial charge on any atom is -0.511 e. The van der Waals surface area contributed by atoms with Crippen LogP contribution < -0.4 is 0 Å². The van der Waals surface area contributed by atoms with Crippen molar-refractivity contribution in [3.8, 4) is 202 Å². The molecule has 3 heteroatoms. The molecule has 0 aliphatic heterocycles. The summed E-state index contributed by atoms with van der Waals surface area (Å²) in [7, 11) is 0. The van der Waals surface area contributed by atoms with Gasteiger partial charge in [0.1, 0.15) is 6.26 Å². The zero-order chi connectivity index (χ0) is 28.3. The van der Waals surface area contributed by atoms with Gasteiger partial charge in [0.15, 0.2) is 0 Å². The van der Waals surface area contributed by atoms with Crippen LogP contribution in [0.15, 0.2) is 12.0 Å². The summed E-state index contributed by atoms with van der Waals surface area (Å²) in [6.07, 6.45) is 5.41. The van der Waals surface area contributed by atoms with Gasteiger partial charge in [0, 0.05) is 94.7 Å². The minimum atomic E-state index is -0.353. The Balaban J connectivity index is 4.54. The second-order valence-electron chi connectivity index (χ2n) is 4.73. The van der Waals surface area contributed by atoms with E-state index in [1.165, 1.54) is 0 Å². The zero-order valence-corrected chi connectivity index (χ0v) is 19.5. The zero-order valence-electron chi connectivity index (χ0n) is 19.5. The molecule has 0 rings (SSSR count). The van der Waals surface area contributed by atoms with E-state index in [9.17, 15) is 0 Å². The van der Waals surface area contributed by atoms with Crippen LogP contribution in [0, 0.1) is 202 Å². The maximum atomic E-state index is 8.54. The molecule has 39 heavy (non-hydrogen) atoms. The van der Waals surface area contributed by atoms with E-state index in [4.69, 9.17) is 16.8 Å². The van der Waals surface area contributed by atoms with Crippen molar-refractivity contribution >= 4 is 0 Å². The largest absolute Gasteiger partial charge is 0.511 e. The van der Waals surface area contributed by atoms with Crippen molar-refractivity contribution in [1.82, 2.24) is 0 Å². The summed E-state index contributed by atoms with van der Waals surface area (Å²) in [5.41, 5.74) is 0. The highest BCUT2D eigenvalue weighted by atomic mass is 17.1. The smallest absolute Gasteiger partial charge is 0.250 e. The Morgan fingerprint density at radius 3 is 0.769 bits per heavy atom. The summed E-state index contributed by atoms with van der Waals surface area (Å²) in [6.45, 7) is 0. The molecule has 0 aromatic heterocycles. The first-order valence-corrected chi connectivity index (χ1v) is 9.47. The quantitative estimate of drug-likeness (QED) is 0.248. The molecule has 0 aromatic rings. The number of rotatable bonds is 1. The van der Waals surface area contributed by atoms with Gasteiger partial charge >= 0.3 is 0 Å². The Hall–Kier alpha value is -8.18. The van der Waals surface area contributed by atoms with E-state index in [0.29, 0.717) is 6.26 Å². The number of aliphatic hydroxyl groups is 1.